The Labute approximate surface area is 135 Å². The van der Waals surface area contributed by atoms with Gasteiger partial charge in [-0.25, -0.2) is 8.42 Å². The highest BCUT2D eigenvalue weighted by Crippen LogP contribution is 2.26. The lowest BCUT2D eigenvalue weighted by Crippen LogP contribution is -2.41. The van der Waals surface area contributed by atoms with Gasteiger partial charge < -0.3 is 5.11 Å². The van der Waals surface area contributed by atoms with Crippen LogP contribution >= 0.6 is 31.9 Å². The van der Waals surface area contributed by atoms with E-state index in [9.17, 15) is 13.2 Å². The van der Waals surface area contributed by atoms with Gasteiger partial charge in [0.05, 0.1) is 4.90 Å². The second-order valence-electron chi connectivity index (χ2n) is 4.72. The SMILES string of the molecule is CC(C)C[C@H](NS(=O)(=O)c1ccc(Br)cc1Br)C(=O)O. The topological polar surface area (TPSA) is 83.5 Å². The molecule has 8 heteroatoms. The van der Waals surface area contributed by atoms with E-state index >= 15 is 0 Å². The number of rotatable bonds is 6. The molecule has 0 aliphatic heterocycles. The summed E-state index contributed by atoms with van der Waals surface area (Å²) in [6, 6.07) is 3.44. The van der Waals surface area contributed by atoms with E-state index in [0.717, 1.165) is 4.47 Å². The van der Waals surface area contributed by atoms with Crippen LogP contribution in [0.5, 0.6) is 0 Å². The first kappa shape index (κ1) is 17.6. The minimum Gasteiger partial charge on any atom is -0.480 e. The predicted molar refractivity (Wildman–Crippen MR) is 83.0 cm³/mol. The molecule has 0 aliphatic carbocycles. The van der Waals surface area contributed by atoms with E-state index in [1.165, 1.54) is 6.07 Å². The Morgan fingerprint density at radius 3 is 2.40 bits per heavy atom. The predicted octanol–water partition coefficient (Wildman–Crippen LogP) is 2.99. The Morgan fingerprint density at radius 2 is 1.95 bits per heavy atom. The van der Waals surface area contributed by atoms with Crippen LogP contribution in [0, 0.1) is 5.92 Å². The highest BCUT2D eigenvalue weighted by atomic mass is 79.9. The van der Waals surface area contributed by atoms with Crippen LogP contribution in [-0.2, 0) is 14.8 Å². The minimum atomic E-state index is -3.90. The van der Waals surface area contributed by atoms with E-state index in [0.29, 0.717) is 4.47 Å². The van der Waals surface area contributed by atoms with Crippen LogP contribution in [0.25, 0.3) is 0 Å². The Bertz CT molecular complexity index is 601. The second-order valence-corrected chi connectivity index (χ2v) is 8.17. The number of sulfonamides is 1. The summed E-state index contributed by atoms with van der Waals surface area (Å²) >= 11 is 6.39. The zero-order valence-corrected chi connectivity index (χ0v) is 14.9. The van der Waals surface area contributed by atoms with Gasteiger partial charge in [0.15, 0.2) is 0 Å². The molecular formula is C12H15Br2NO4S. The molecule has 1 aromatic rings. The average molecular weight is 429 g/mol. The summed E-state index contributed by atoms with van der Waals surface area (Å²) in [5, 5.41) is 9.10. The fourth-order valence-corrected chi connectivity index (χ4v) is 4.56. The van der Waals surface area contributed by atoms with Crippen molar-refractivity contribution in [3.8, 4) is 0 Å². The summed E-state index contributed by atoms with van der Waals surface area (Å²) in [7, 11) is -3.90. The lowest BCUT2D eigenvalue weighted by molar-refractivity contribution is -0.139. The molecule has 0 unspecified atom stereocenters. The van der Waals surface area contributed by atoms with E-state index in [1.807, 2.05) is 13.8 Å². The van der Waals surface area contributed by atoms with Crippen molar-refractivity contribution in [2.24, 2.45) is 5.92 Å². The van der Waals surface area contributed by atoms with Crippen molar-refractivity contribution < 1.29 is 18.3 Å². The summed E-state index contributed by atoms with van der Waals surface area (Å²) in [6.07, 6.45) is 0.225. The van der Waals surface area contributed by atoms with Crippen molar-refractivity contribution in [3.05, 3.63) is 27.1 Å². The number of carbonyl (C=O) groups is 1. The summed E-state index contributed by atoms with van der Waals surface area (Å²) in [5.74, 6) is -1.12. The fraction of sp³-hybridized carbons (Fsp3) is 0.417. The van der Waals surface area contributed by atoms with E-state index in [-0.39, 0.29) is 17.2 Å². The normalized spacial score (nSPS) is 13.4. The Kier molecular flexibility index (Phi) is 6.18. The molecule has 2 N–H and O–H groups in total. The number of hydrogen-bond acceptors (Lipinski definition) is 3. The molecule has 1 rings (SSSR count). The monoisotopic (exact) mass is 427 g/mol. The minimum absolute atomic E-state index is 0.00991. The van der Waals surface area contributed by atoms with Crippen molar-refractivity contribution in [2.75, 3.05) is 0 Å². The van der Waals surface area contributed by atoms with Gasteiger partial charge in [0, 0.05) is 8.95 Å². The van der Waals surface area contributed by atoms with E-state index in [1.54, 1.807) is 12.1 Å². The number of nitrogens with one attached hydrogen (secondary N) is 1. The first-order valence-electron chi connectivity index (χ1n) is 5.83. The standard InChI is InChI=1S/C12H15Br2NO4S/c1-7(2)5-10(12(16)17)15-20(18,19)11-4-3-8(13)6-9(11)14/h3-4,6-7,10,15H,5H2,1-2H3,(H,16,17)/t10-/m0/s1. The maximum Gasteiger partial charge on any atom is 0.321 e. The lowest BCUT2D eigenvalue weighted by Gasteiger charge is -2.17. The molecule has 0 aliphatic rings. The number of hydrogen-bond donors (Lipinski definition) is 2. The molecule has 1 atom stereocenters. The smallest absolute Gasteiger partial charge is 0.321 e. The molecule has 1 aromatic carbocycles. The number of carboxylic acid groups (broad SMARTS) is 1. The quantitative estimate of drug-likeness (QED) is 0.729. The number of halogens is 2. The molecule has 0 heterocycles. The maximum atomic E-state index is 12.2. The van der Waals surface area contributed by atoms with E-state index in [4.69, 9.17) is 5.11 Å². The Hall–Kier alpha value is -0.440. The third-order valence-electron chi connectivity index (χ3n) is 2.49. The molecule has 0 radical (unpaired) electrons. The molecule has 5 nitrogen and oxygen atoms in total. The Morgan fingerprint density at radius 1 is 1.35 bits per heavy atom. The van der Waals surface area contributed by atoms with Crippen molar-refractivity contribution >= 4 is 47.9 Å². The van der Waals surface area contributed by atoms with Gasteiger partial charge >= 0.3 is 5.97 Å². The zero-order chi connectivity index (χ0) is 15.5. The second kappa shape index (κ2) is 7.02. The Balaban J connectivity index is 3.06. The molecule has 0 bridgehead atoms. The van der Waals surface area contributed by atoms with Crippen molar-refractivity contribution in [2.45, 2.75) is 31.2 Å². The summed E-state index contributed by atoms with van der Waals surface area (Å²) in [4.78, 5) is 11.1. The largest absolute Gasteiger partial charge is 0.480 e. The van der Waals surface area contributed by atoms with Gasteiger partial charge in [-0.05, 0) is 46.5 Å². The third kappa shape index (κ3) is 4.83. The van der Waals surface area contributed by atoms with Gasteiger partial charge in [-0.1, -0.05) is 29.8 Å². The van der Waals surface area contributed by atoms with Crippen molar-refractivity contribution in [1.29, 1.82) is 0 Å². The van der Waals surface area contributed by atoms with Crippen molar-refractivity contribution in [1.82, 2.24) is 4.72 Å². The lowest BCUT2D eigenvalue weighted by atomic mass is 10.1. The van der Waals surface area contributed by atoms with Crippen LogP contribution in [0.2, 0.25) is 0 Å². The van der Waals surface area contributed by atoms with Gasteiger partial charge in [-0.2, -0.15) is 4.72 Å². The van der Waals surface area contributed by atoms with Crippen LogP contribution < -0.4 is 4.72 Å². The van der Waals surface area contributed by atoms with Gasteiger partial charge in [-0.3, -0.25) is 4.79 Å². The van der Waals surface area contributed by atoms with Gasteiger partial charge in [0.1, 0.15) is 6.04 Å². The molecule has 0 fully saturated rings. The van der Waals surface area contributed by atoms with Crippen LogP contribution in [0.3, 0.4) is 0 Å². The van der Waals surface area contributed by atoms with Crippen LogP contribution in [0.1, 0.15) is 20.3 Å². The first-order chi connectivity index (χ1) is 9.13. The maximum absolute atomic E-state index is 12.2. The van der Waals surface area contributed by atoms with E-state index < -0.39 is 22.0 Å². The zero-order valence-electron chi connectivity index (χ0n) is 10.9. The molecule has 0 spiro atoms. The number of carboxylic acids is 1. The molecular weight excluding hydrogens is 414 g/mol. The molecule has 0 saturated carbocycles. The van der Waals surface area contributed by atoms with Gasteiger partial charge in [-0.15, -0.1) is 0 Å². The van der Waals surface area contributed by atoms with Crippen LogP contribution in [-0.4, -0.2) is 25.5 Å². The summed E-state index contributed by atoms with van der Waals surface area (Å²) < 4.78 is 27.8. The molecule has 0 aromatic heterocycles. The third-order valence-corrected chi connectivity index (χ3v) is 5.43. The average Bonchev–Trinajstić information content (AvgIpc) is 2.26. The van der Waals surface area contributed by atoms with E-state index in [2.05, 4.69) is 36.6 Å². The summed E-state index contributed by atoms with van der Waals surface area (Å²) in [6.45, 7) is 3.67. The van der Waals surface area contributed by atoms with Gasteiger partial charge in [0.25, 0.3) is 0 Å². The first-order valence-corrected chi connectivity index (χ1v) is 8.90. The van der Waals surface area contributed by atoms with Crippen LogP contribution in [0.4, 0.5) is 0 Å². The molecule has 0 saturated heterocycles. The number of aliphatic carboxylic acids is 1. The molecule has 112 valence electrons. The highest BCUT2D eigenvalue weighted by molar-refractivity contribution is 9.11. The van der Waals surface area contributed by atoms with Crippen molar-refractivity contribution in [3.63, 3.8) is 0 Å². The summed E-state index contributed by atoms with van der Waals surface area (Å²) in [5.41, 5.74) is 0. The molecule has 20 heavy (non-hydrogen) atoms. The highest BCUT2D eigenvalue weighted by Gasteiger charge is 2.27. The molecule has 0 amide bonds. The van der Waals surface area contributed by atoms with Crippen LogP contribution in [0.15, 0.2) is 32.0 Å². The number of benzene rings is 1. The van der Waals surface area contributed by atoms with Gasteiger partial charge in [0.2, 0.25) is 10.0 Å². The fourth-order valence-electron chi connectivity index (χ4n) is 1.61.